The van der Waals surface area contributed by atoms with Gasteiger partial charge in [0.25, 0.3) is 5.91 Å². The summed E-state index contributed by atoms with van der Waals surface area (Å²) in [6.45, 7) is 4.85. The Balaban J connectivity index is 2.72. The number of carbonyl (C=O) groups excluding carboxylic acids is 1. The highest BCUT2D eigenvalue weighted by atomic mass is 79.9. The third kappa shape index (κ3) is 2.42. The largest absolute Gasteiger partial charge is 0.366 e. The molecule has 1 amide bonds. The third-order valence-corrected chi connectivity index (χ3v) is 3.86. The van der Waals surface area contributed by atoms with Gasteiger partial charge >= 0.3 is 0 Å². The SMILES string of the molecule is CCCn1c(C)c(C(N)=O)c(Br)c1-c1cccnc1. The predicted octanol–water partition coefficient (Wildman–Crippen LogP) is 3.13. The highest BCUT2D eigenvalue weighted by Gasteiger charge is 2.22. The van der Waals surface area contributed by atoms with Gasteiger partial charge in [-0.3, -0.25) is 9.78 Å². The van der Waals surface area contributed by atoms with Crippen molar-refractivity contribution in [3.63, 3.8) is 0 Å². The van der Waals surface area contributed by atoms with E-state index in [1.807, 2.05) is 19.1 Å². The normalized spacial score (nSPS) is 10.7. The number of hydrogen-bond donors (Lipinski definition) is 1. The van der Waals surface area contributed by atoms with E-state index >= 15 is 0 Å². The first kappa shape index (κ1) is 13.8. The van der Waals surface area contributed by atoms with E-state index in [2.05, 4.69) is 32.4 Å². The molecule has 0 spiro atoms. The maximum absolute atomic E-state index is 11.6. The van der Waals surface area contributed by atoms with Crippen molar-refractivity contribution >= 4 is 21.8 Å². The number of aromatic nitrogens is 2. The molecule has 5 heteroatoms. The smallest absolute Gasteiger partial charge is 0.251 e. The van der Waals surface area contributed by atoms with Crippen molar-refractivity contribution in [1.29, 1.82) is 0 Å². The van der Waals surface area contributed by atoms with Crippen molar-refractivity contribution < 1.29 is 4.79 Å². The number of amides is 1. The van der Waals surface area contributed by atoms with Crippen molar-refractivity contribution in [2.45, 2.75) is 26.8 Å². The molecule has 2 aromatic rings. The molecule has 0 radical (unpaired) electrons. The van der Waals surface area contributed by atoms with E-state index in [4.69, 9.17) is 5.73 Å². The first-order chi connectivity index (χ1) is 9.07. The number of nitrogens with zero attached hydrogens (tertiary/aromatic N) is 2. The summed E-state index contributed by atoms with van der Waals surface area (Å²) >= 11 is 3.51. The average Bonchev–Trinajstić information content (AvgIpc) is 2.63. The Morgan fingerprint density at radius 3 is 2.79 bits per heavy atom. The number of halogens is 1. The molecular formula is C14H16BrN3O. The van der Waals surface area contributed by atoms with Gasteiger partial charge in [0, 0.05) is 30.2 Å². The van der Waals surface area contributed by atoms with Gasteiger partial charge in [0.05, 0.1) is 15.7 Å². The van der Waals surface area contributed by atoms with E-state index in [-0.39, 0.29) is 0 Å². The molecule has 0 saturated carbocycles. The van der Waals surface area contributed by atoms with Crippen LogP contribution in [0.3, 0.4) is 0 Å². The second-order valence-electron chi connectivity index (χ2n) is 4.38. The fourth-order valence-electron chi connectivity index (χ4n) is 2.27. The van der Waals surface area contributed by atoms with Crippen molar-refractivity contribution in [2.75, 3.05) is 0 Å². The summed E-state index contributed by atoms with van der Waals surface area (Å²) in [6.07, 6.45) is 4.50. The van der Waals surface area contributed by atoms with E-state index in [1.54, 1.807) is 12.4 Å². The van der Waals surface area contributed by atoms with Gasteiger partial charge in [-0.15, -0.1) is 0 Å². The molecular weight excluding hydrogens is 306 g/mol. The van der Waals surface area contributed by atoms with Crippen LogP contribution in [0.15, 0.2) is 29.0 Å². The van der Waals surface area contributed by atoms with Gasteiger partial charge in [-0.05, 0) is 41.4 Å². The van der Waals surface area contributed by atoms with Crippen LogP contribution in [0.2, 0.25) is 0 Å². The van der Waals surface area contributed by atoms with Crippen molar-refractivity contribution in [1.82, 2.24) is 9.55 Å². The molecule has 0 atom stereocenters. The molecule has 2 N–H and O–H groups in total. The van der Waals surface area contributed by atoms with Gasteiger partial charge in [0.2, 0.25) is 0 Å². The van der Waals surface area contributed by atoms with E-state index in [9.17, 15) is 4.79 Å². The number of primary amides is 1. The molecule has 0 aliphatic carbocycles. The van der Waals surface area contributed by atoms with Crippen LogP contribution in [-0.4, -0.2) is 15.5 Å². The lowest BCUT2D eigenvalue weighted by molar-refractivity contribution is 0.0999. The van der Waals surface area contributed by atoms with Gasteiger partial charge < -0.3 is 10.3 Å². The predicted molar refractivity (Wildman–Crippen MR) is 78.9 cm³/mol. The molecule has 2 aromatic heterocycles. The molecule has 2 heterocycles. The van der Waals surface area contributed by atoms with E-state index in [0.29, 0.717) is 5.56 Å². The summed E-state index contributed by atoms with van der Waals surface area (Å²) in [7, 11) is 0. The Labute approximate surface area is 120 Å². The molecule has 0 fully saturated rings. The zero-order chi connectivity index (χ0) is 14.0. The zero-order valence-electron chi connectivity index (χ0n) is 11.0. The molecule has 0 saturated heterocycles. The molecule has 0 aliphatic rings. The molecule has 100 valence electrons. The molecule has 0 aromatic carbocycles. The fraction of sp³-hybridized carbons (Fsp3) is 0.286. The quantitative estimate of drug-likeness (QED) is 0.940. The number of rotatable bonds is 4. The molecule has 0 aliphatic heterocycles. The van der Waals surface area contributed by atoms with Crippen LogP contribution in [0.4, 0.5) is 0 Å². The summed E-state index contributed by atoms with van der Waals surface area (Å²) < 4.78 is 2.86. The Kier molecular flexibility index (Phi) is 4.04. The van der Waals surface area contributed by atoms with E-state index < -0.39 is 5.91 Å². The van der Waals surface area contributed by atoms with Crippen LogP contribution >= 0.6 is 15.9 Å². The van der Waals surface area contributed by atoms with Gasteiger partial charge in [0.1, 0.15) is 0 Å². The van der Waals surface area contributed by atoms with Crippen LogP contribution in [0.25, 0.3) is 11.3 Å². The molecule has 4 nitrogen and oxygen atoms in total. The summed E-state index contributed by atoms with van der Waals surface area (Å²) in [5, 5.41) is 0. The molecule has 19 heavy (non-hydrogen) atoms. The van der Waals surface area contributed by atoms with Crippen LogP contribution in [0.1, 0.15) is 29.4 Å². The standard InChI is InChI=1S/C14H16BrN3O/c1-3-7-18-9(2)11(14(16)19)12(15)13(18)10-5-4-6-17-8-10/h4-6,8H,3,7H2,1-2H3,(H2,16,19). The fourth-order valence-corrected chi connectivity index (χ4v) is 3.20. The third-order valence-electron chi connectivity index (χ3n) is 3.09. The van der Waals surface area contributed by atoms with Gasteiger partial charge in [-0.25, -0.2) is 0 Å². The number of carbonyl (C=O) groups is 1. The first-order valence-corrected chi connectivity index (χ1v) is 6.96. The molecule has 0 bridgehead atoms. The summed E-state index contributed by atoms with van der Waals surface area (Å²) in [5.41, 5.74) is 8.84. The maximum Gasteiger partial charge on any atom is 0.251 e. The molecule has 0 unspecified atom stereocenters. The summed E-state index contributed by atoms with van der Waals surface area (Å²) in [5.74, 6) is -0.413. The minimum atomic E-state index is -0.413. The van der Waals surface area contributed by atoms with Gasteiger partial charge in [-0.1, -0.05) is 6.92 Å². The lowest BCUT2D eigenvalue weighted by Gasteiger charge is -2.10. The number of hydrogen-bond acceptors (Lipinski definition) is 2. The zero-order valence-corrected chi connectivity index (χ0v) is 12.6. The average molecular weight is 322 g/mol. The van der Waals surface area contributed by atoms with Crippen LogP contribution in [0, 0.1) is 6.92 Å². The minimum Gasteiger partial charge on any atom is -0.366 e. The second kappa shape index (κ2) is 5.57. The summed E-state index contributed by atoms with van der Waals surface area (Å²) in [6, 6.07) is 3.85. The van der Waals surface area contributed by atoms with E-state index in [0.717, 1.165) is 34.4 Å². The lowest BCUT2D eigenvalue weighted by atomic mass is 10.2. The van der Waals surface area contributed by atoms with Crippen molar-refractivity contribution in [2.24, 2.45) is 5.73 Å². The Bertz CT molecular complexity index is 605. The highest BCUT2D eigenvalue weighted by molar-refractivity contribution is 9.10. The van der Waals surface area contributed by atoms with Gasteiger partial charge in [0.15, 0.2) is 0 Å². The topological polar surface area (TPSA) is 60.9 Å². The Morgan fingerprint density at radius 2 is 2.26 bits per heavy atom. The number of nitrogens with two attached hydrogens (primary N) is 1. The monoisotopic (exact) mass is 321 g/mol. The number of pyridine rings is 1. The Hall–Kier alpha value is -1.62. The summed E-state index contributed by atoms with van der Waals surface area (Å²) in [4.78, 5) is 15.7. The van der Waals surface area contributed by atoms with E-state index in [1.165, 1.54) is 0 Å². The van der Waals surface area contributed by atoms with Crippen LogP contribution in [-0.2, 0) is 6.54 Å². The second-order valence-corrected chi connectivity index (χ2v) is 5.17. The Morgan fingerprint density at radius 1 is 1.53 bits per heavy atom. The maximum atomic E-state index is 11.6. The van der Waals surface area contributed by atoms with Crippen molar-refractivity contribution in [3.05, 3.63) is 40.3 Å². The lowest BCUT2D eigenvalue weighted by Crippen LogP contribution is -2.13. The first-order valence-electron chi connectivity index (χ1n) is 6.16. The van der Waals surface area contributed by atoms with Crippen LogP contribution < -0.4 is 5.73 Å². The van der Waals surface area contributed by atoms with Gasteiger partial charge in [-0.2, -0.15) is 0 Å². The highest BCUT2D eigenvalue weighted by Crippen LogP contribution is 2.35. The van der Waals surface area contributed by atoms with Crippen molar-refractivity contribution in [3.8, 4) is 11.3 Å². The minimum absolute atomic E-state index is 0.413. The van der Waals surface area contributed by atoms with Crippen LogP contribution in [0.5, 0.6) is 0 Å². The molecule has 2 rings (SSSR count).